The van der Waals surface area contributed by atoms with Crippen LogP contribution in [-0.4, -0.2) is 23.3 Å². The molecule has 1 fully saturated rings. The fourth-order valence-electron chi connectivity index (χ4n) is 3.18. The molecule has 1 aliphatic carbocycles. The predicted octanol–water partition coefficient (Wildman–Crippen LogP) is 5.21. The fourth-order valence-corrected chi connectivity index (χ4v) is 3.90. The predicted molar refractivity (Wildman–Crippen MR) is 91.5 cm³/mol. The summed E-state index contributed by atoms with van der Waals surface area (Å²) in [4.78, 5) is 16.4. The van der Waals surface area contributed by atoms with Crippen molar-refractivity contribution in [1.82, 2.24) is 4.98 Å². The monoisotopic (exact) mass is 359 g/mol. The largest absolute Gasteiger partial charge is 0.458 e. The van der Waals surface area contributed by atoms with Gasteiger partial charge in [0.15, 0.2) is 5.82 Å². The number of halogens is 2. The molecule has 2 rings (SSSR count). The van der Waals surface area contributed by atoms with Crippen molar-refractivity contribution in [2.24, 2.45) is 17.8 Å². The van der Waals surface area contributed by atoms with Gasteiger partial charge in [0.2, 0.25) is 0 Å². The van der Waals surface area contributed by atoms with Gasteiger partial charge in [-0.3, -0.25) is 0 Å². The van der Waals surface area contributed by atoms with Crippen LogP contribution in [0.25, 0.3) is 0 Å². The van der Waals surface area contributed by atoms with Crippen LogP contribution >= 0.6 is 23.4 Å². The molecule has 0 saturated heterocycles. The zero-order valence-electron chi connectivity index (χ0n) is 13.9. The topological polar surface area (TPSA) is 39.2 Å². The Balaban J connectivity index is 2.19. The number of pyridine rings is 1. The summed E-state index contributed by atoms with van der Waals surface area (Å²) in [6.07, 6.45) is 5.89. The molecule has 0 N–H and O–H groups in total. The highest BCUT2D eigenvalue weighted by Crippen LogP contribution is 2.36. The third-order valence-corrected chi connectivity index (χ3v) is 5.60. The van der Waals surface area contributed by atoms with E-state index in [9.17, 15) is 9.18 Å². The molecule has 6 heteroatoms. The lowest BCUT2D eigenvalue weighted by Gasteiger charge is -2.36. The zero-order chi connectivity index (χ0) is 17.1. The van der Waals surface area contributed by atoms with Crippen LogP contribution < -0.4 is 0 Å². The van der Waals surface area contributed by atoms with E-state index in [-0.39, 0.29) is 21.7 Å². The first-order chi connectivity index (χ1) is 10.8. The molecule has 1 aromatic rings. The van der Waals surface area contributed by atoms with E-state index < -0.39 is 11.8 Å². The summed E-state index contributed by atoms with van der Waals surface area (Å²) in [6.45, 7) is 6.45. The molecule has 0 bridgehead atoms. The Kier molecular flexibility index (Phi) is 6.32. The van der Waals surface area contributed by atoms with Crippen molar-refractivity contribution in [3.05, 3.63) is 22.6 Å². The van der Waals surface area contributed by atoms with Crippen LogP contribution in [0.4, 0.5) is 4.39 Å². The van der Waals surface area contributed by atoms with E-state index in [2.05, 4.69) is 25.8 Å². The smallest absolute Gasteiger partial charge is 0.341 e. The molecule has 0 spiro atoms. The summed E-state index contributed by atoms with van der Waals surface area (Å²) in [5.41, 5.74) is 0.00250. The lowest BCUT2D eigenvalue weighted by atomic mass is 9.75. The SMILES string of the molecule is CSc1ncc(C(=O)O[C@H]2C[C@@H](C)CC[C@@H]2C(C)C)c(Cl)c1F. The number of aromatic nitrogens is 1. The average molecular weight is 360 g/mol. The van der Waals surface area contributed by atoms with Gasteiger partial charge in [-0.05, 0) is 36.9 Å². The molecule has 3 nitrogen and oxygen atoms in total. The van der Waals surface area contributed by atoms with Crippen molar-refractivity contribution in [2.45, 2.75) is 51.2 Å². The van der Waals surface area contributed by atoms with Crippen LogP contribution in [0.3, 0.4) is 0 Å². The van der Waals surface area contributed by atoms with Crippen molar-refractivity contribution >= 4 is 29.3 Å². The van der Waals surface area contributed by atoms with Crippen LogP contribution in [0.1, 0.15) is 50.4 Å². The zero-order valence-corrected chi connectivity index (χ0v) is 15.5. The number of nitrogens with zero attached hydrogens (tertiary/aromatic N) is 1. The van der Waals surface area contributed by atoms with E-state index in [0.717, 1.165) is 31.0 Å². The van der Waals surface area contributed by atoms with Crippen molar-refractivity contribution < 1.29 is 13.9 Å². The number of thioether (sulfide) groups is 1. The second kappa shape index (κ2) is 7.84. The van der Waals surface area contributed by atoms with Gasteiger partial charge in [0.1, 0.15) is 11.1 Å². The van der Waals surface area contributed by atoms with E-state index in [1.165, 1.54) is 6.20 Å². The molecule has 1 aliphatic rings. The highest BCUT2D eigenvalue weighted by molar-refractivity contribution is 7.98. The van der Waals surface area contributed by atoms with Crippen LogP contribution in [0.15, 0.2) is 11.2 Å². The summed E-state index contributed by atoms with van der Waals surface area (Å²) < 4.78 is 19.7. The summed E-state index contributed by atoms with van der Waals surface area (Å²) in [5, 5.41) is -0.0304. The van der Waals surface area contributed by atoms with Gasteiger partial charge in [-0.15, -0.1) is 11.8 Å². The number of esters is 1. The van der Waals surface area contributed by atoms with Crippen molar-refractivity contribution in [2.75, 3.05) is 6.26 Å². The van der Waals surface area contributed by atoms with E-state index in [1.807, 2.05) is 0 Å². The molecule has 23 heavy (non-hydrogen) atoms. The second-order valence-electron chi connectivity index (χ2n) is 6.58. The molecule has 1 heterocycles. The average Bonchev–Trinajstić information content (AvgIpc) is 2.49. The van der Waals surface area contributed by atoms with E-state index in [0.29, 0.717) is 17.8 Å². The number of carbonyl (C=O) groups is 1. The highest BCUT2D eigenvalue weighted by atomic mass is 35.5. The molecule has 0 unspecified atom stereocenters. The molecule has 1 saturated carbocycles. The Morgan fingerprint density at radius 3 is 2.78 bits per heavy atom. The number of ether oxygens (including phenoxy) is 1. The maximum atomic E-state index is 14.0. The van der Waals surface area contributed by atoms with Gasteiger partial charge in [0.05, 0.1) is 10.6 Å². The molecule has 0 aliphatic heterocycles. The summed E-state index contributed by atoms with van der Waals surface area (Å²) in [7, 11) is 0. The standard InChI is InChI=1S/C17H23ClFNO2S/c1-9(2)11-6-5-10(3)7-13(11)22-17(21)12-8-20-16(23-4)15(19)14(12)18/h8-11,13H,5-7H2,1-4H3/t10-,11+,13-/m0/s1. The lowest BCUT2D eigenvalue weighted by Crippen LogP contribution is -2.36. The maximum absolute atomic E-state index is 14.0. The lowest BCUT2D eigenvalue weighted by molar-refractivity contribution is -0.0174. The number of carbonyl (C=O) groups excluding carboxylic acids is 1. The van der Waals surface area contributed by atoms with Crippen LogP contribution in [0, 0.1) is 23.6 Å². The normalized spacial score (nSPS) is 24.7. The van der Waals surface area contributed by atoms with Crippen molar-refractivity contribution in [3.8, 4) is 0 Å². The third-order valence-electron chi connectivity index (χ3n) is 4.56. The van der Waals surface area contributed by atoms with Crippen LogP contribution in [0.2, 0.25) is 5.02 Å². The molecule has 0 amide bonds. The van der Waals surface area contributed by atoms with Gasteiger partial charge in [0.25, 0.3) is 0 Å². The second-order valence-corrected chi connectivity index (χ2v) is 7.75. The molecule has 0 radical (unpaired) electrons. The maximum Gasteiger partial charge on any atom is 0.341 e. The minimum atomic E-state index is -0.661. The Hall–Kier alpha value is -0.810. The Morgan fingerprint density at radius 2 is 2.17 bits per heavy atom. The third kappa shape index (κ3) is 4.18. The van der Waals surface area contributed by atoms with Crippen molar-refractivity contribution in [3.63, 3.8) is 0 Å². The van der Waals surface area contributed by atoms with Crippen LogP contribution in [-0.2, 0) is 4.74 Å². The molecular weight excluding hydrogens is 337 g/mol. The van der Waals surface area contributed by atoms with Gasteiger partial charge in [-0.25, -0.2) is 14.2 Å². The van der Waals surface area contributed by atoms with Gasteiger partial charge >= 0.3 is 5.97 Å². The van der Waals surface area contributed by atoms with Gasteiger partial charge in [-0.2, -0.15) is 0 Å². The van der Waals surface area contributed by atoms with E-state index >= 15 is 0 Å². The Morgan fingerprint density at radius 1 is 1.48 bits per heavy atom. The molecule has 1 aromatic heterocycles. The number of rotatable bonds is 4. The first-order valence-corrected chi connectivity index (χ1v) is 9.54. The minimum absolute atomic E-state index is 0.00250. The first-order valence-electron chi connectivity index (χ1n) is 7.94. The summed E-state index contributed by atoms with van der Waals surface area (Å²) >= 11 is 7.14. The number of hydrogen-bond donors (Lipinski definition) is 0. The Labute approximate surface area is 146 Å². The summed E-state index contributed by atoms with van der Waals surface area (Å²) in [6, 6.07) is 0. The van der Waals surface area contributed by atoms with Crippen molar-refractivity contribution in [1.29, 1.82) is 0 Å². The fraction of sp³-hybridized carbons (Fsp3) is 0.647. The Bertz CT molecular complexity index is 582. The van der Waals surface area contributed by atoms with E-state index in [4.69, 9.17) is 16.3 Å². The summed E-state index contributed by atoms with van der Waals surface area (Å²) in [5.74, 6) is 0.0403. The van der Waals surface area contributed by atoms with E-state index in [1.54, 1.807) is 6.26 Å². The van der Waals surface area contributed by atoms with Gasteiger partial charge < -0.3 is 4.74 Å². The quantitative estimate of drug-likeness (QED) is 0.546. The molecule has 0 aromatic carbocycles. The van der Waals surface area contributed by atoms with Gasteiger partial charge in [0, 0.05) is 6.20 Å². The first kappa shape index (κ1) is 18.5. The van der Waals surface area contributed by atoms with Crippen LogP contribution in [0.5, 0.6) is 0 Å². The van der Waals surface area contributed by atoms with Gasteiger partial charge in [-0.1, -0.05) is 38.8 Å². The highest BCUT2D eigenvalue weighted by Gasteiger charge is 2.34. The molecular formula is C17H23ClFNO2S. The number of hydrogen-bond acceptors (Lipinski definition) is 4. The molecule has 128 valence electrons. The minimum Gasteiger partial charge on any atom is -0.458 e. The molecule has 3 atom stereocenters.